The van der Waals surface area contributed by atoms with Crippen LogP contribution < -0.4 is 0 Å². The summed E-state index contributed by atoms with van der Waals surface area (Å²) >= 11 is 3.35. The van der Waals surface area contributed by atoms with Crippen molar-refractivity contribution in [2.24, 2.45) is 0 Å². The normalized spacial score (nSPS) is 23.5. The van der Waals surface area contributed by atoms with Crippen LogP contribution in [0.4, 0.5) is 0 Å². The van der Waals surface area contributed by atoms with Crippen LogP contribution in [0.5, 0.6) is 0 Å². The average Bonchev–Trinajstić information content (AvgIpc) is 2.56. The molecule has 0 bridgehead atoms. The fourth-order valence-corrected chi connectivity index (χ4v) is 2.11. The van der Waals surface area contributed by atoms with E-state index >= 15 is 0 Å². The zero-order chi connectivity index (χ0) is 12.5. The third-order valence-electron chi connectivity index (χ3n) is 2.75. The smallest absolute Gasteiger partial charge is 0.267 e. The summed E-state index contributed by atoms with van der Waals surface area (Å²) in [7, 11) is 1.67. The molecule has 0 unspecified atom stereocenters. The van der Waals surface area contributed by atoms with Gasteiger partial charge < -0.3 is 10.0 Å². The van der Waals surface area contributed by atoms with Crippen molar-refractivity contribution in [3.63, 3.8) is 0 Å². The van der Waals surface area contributed by atoms with Crippen molar-refractivity contribution in [2.45, 2.75) is 12.0 Å². The first-order valence-electron chi connectivity index (χ1n) is 5.28. The highest BCUT2D eigenvalue weighted by Gasteiger charge is 2.42. The third kappa shape index (κ3) is 2.51. The molecule has 2 rings (SSSR count). The van der Waals surface area contributed by atoms with E-state index in [-0.39, 0.29) is 5.91 Å². The molecule has 1 atom stereocenters. The number of aliphatic hydroxyl groups is 1. The van der Waals surface area contributed by atoms with Gasteiger partial charge in [-0.25, -0.2) is 0 Å². The van der Waals surface area contributed by atoms with Crippen molar-refractivity contribution in [1.82, 2.24) is 4.90 Å². The van der Waals surface area contributed by atoms with Crippen LogP contribution in [0.3, 0.4) is 0 Å². The Morgan fingerprint density at radius 1 is 1.53 bits per heavy atom. The van der Waals surface area contributed by atoms with Crippen LogP contribution in [-0.2, 0) is 4.79 Å². The number of likely N-dealkylation sites (tertiary alicyclic amines) is 1. The number of amides is 1. The molecule has 0 saturated carbocycles. The van der Waals surface area contributed by atoms with Gasteiger partial charge in [0.05, 0.1) is 0 Å². The number of hydrogen-bond donors (Lipinski definition) is 1. The molecule has 17 heavy (non-hydrogen) atoms. The van der Waals surface area contributed by atoms with E-state index in [1.165, 1.54) is 4.90 Å². The lowest BCUT2D eigenvalue weighted by Gasteiger charge is -2.13. The van der Waals surface area contributed by atoms with Gasteiger partial charge in [-0.2, -0.15) is 0 Å². The van der Waals surface area contributed by atoms with Crippen LogP contribution in [0.15, 0.2) is 28.7 Å². The largest absolute Gasteiger partial charge is 0.369 e. The Hall–Kier alpha value is -1.31. The minimum absolute atomic E-state index is 0.319. The highest BCUT2D eigenvalue weighted by Crippen LogP contribution is 2.21. The molecule has 1 fully saturated rings. The van der Waals surface area contributed by atoms with Gasteiger partial charge >= 0.3 is 0 Å². The lowest BCUT2D eigenvalue weighted by Crippen LogP contribution is -2.37. The molecular weight excluding hydrogens is 282 g/mol. The van der Waals surface area contributed by atoms with E-state index in [9.17, 15) is 9.90 Å². The monoisotopic (exact) mass is 293 g/mol. The first kappa shape index (κ1) is 12.2. The van der Waals surface area contributed by atoms with E-state index in [4.69, 9.17) is 0 Å². The zero-order valence-corrected chi connectivity index (χ0v) is 11.0. The summed E-state index contributed by atoms with van der Waals surface area (Å²) in [5.74, 6) is 5.20. The van der Waals surface area contributed by atoms with Crippen molar-refractivity contribution < 1.29 is 9.90 Å². The first-order chi connectivity index (χ1) is 8.01. The van der Waals surface area contributed by atoms with E-state index in [1.54, 1.807) is 7.05 Å². The van der Waals surface area contributed by atoms with Crippen LogP contribution in [0, 0.1) is 11.8 Å². The van der Waals surface area contributed by atoms with Crippen LogP contribution >= 0.6 is 15.9 Å². The molecule has 1 aromatic carbocycles. The first-order valence-corrected chi connectivity index (χ1v) is 6.07. The summed E-state index contributed by atoms with van der Waals surface area (Å²) in [6, 6.07) is 7.44. The van der Waals surface area contributed by atoms with Gasteiger partial charge in [0, 0.05) is 30.0 Å². The molecule has 4 heteroatoms. The summed E-state index contributed by atoms with van der Waals surface area (Å²) in [4.78, 5) is 13.2. The second-order valence-corrected chi connectivity index (χ2v) is 5.01. The number of likely N-dealkylation sites (N-methyl/N-ethyl adjacent to an activating group) is 1. The number of hydrogen-bond acceptors (Lipinski definition) is 2. The molecule has 0 aliphatic carbocycles. The number of carbonyl (C=O) groups is 1. The van der Waals surface area contributed by atoms with E-state index in [1.807, 2.05) is 24.3 Å². The standard InChI is InChI=1S/C13H12BrNO2/c1-15-8-7-13(17,12(15)16)6-5-10-3-2-4-11(14)9-10/h2-4,9,17H,7-8H2,1H3/t13-/m0/s1. The van der Waals surface area contributed by atoms with Gasteiger partial charge in [0.25, 0.3) is 5.91 Å². The van der Waals surface area contributed by atoms with Crippen molar-refractivity contribution >= 4 is 21.8 Å². The van der Waals surface area contributed by atoms with Crippen LogP contribution in [-0.4, -0.2) is 35.1 Å². The molecule has 1 saturated heterocycles. The Labute approximate surface area is 109 Å². The molecular formula is C13H12BrNO2. The highest BCUT2D eigenvalue weighted by atomic mass is 79.9. The van der Waals surface area contributed by atoms with Gasteiger partial charge in [-0.15, -0.1) is 0 Å². The SMILES string of the molecule is CN1CC[C@@](O)(C#Cc2cccc(Br)c2)C1=O. The Balaban J connectivity index is 2.25. The van der Waals surface area contributed by atoms with Gasteiger partial charge in [0.1, 0.15) is 0 Å². The fraction of sp³-hybridized carbons (Fsp3) is 0.308. The van der Waals surface area contributed by atoms with Crippen LogP contribution in [0.2, 0.25) is 0 Å². The predicted octanol–water partition coefficient (Wildman–Crippen LogP) is 1.39. The maximum absolute atomic E-state index is 11.7. The molecule has 1 aromatic rings. The second-order valence-electron chi connectivity index (χ2n) is 4.10. The maximum Gasteiger partial charge on any atom is 0.267 e. The van der Waals surface area contributed by atoms with Crippen molar-refractivity contribution in [1.29, 1.82) is 0 Å². The molecule has 1 amide bonds. The van der Waals surface area contributed by atoms with Gasteiger partial charge in [0.15, 0.2) is 0 Å². The topological polar surface area (TPSA) is 40.5 Å². The van der Waals surface area contributed by atoms with Crippen molar-refractivity contribution in [3.8, 4) is 11.8 Å². The van der Waals surface area contributed by atoms with E-state index in [0.29, 0.717) is 13.0 Å². The van der Waals surface area contributed by atoms with Gasteiger partial charge in [-0.05, 0) is 18.2 Å². The Kier molecular flexibility index (Phi) is 3.23. The molecule has 0 aromatic heterocycles. The van der Waals surface area contributed by atoms with Gasteiger partial charge in [0.2, 0.25) is 5.60 Å². The summed E-state index contributed by atoms with van der Waals surface area (Å²) in [6.07, 6.45) is 0.364. The Morgan fingerprint density at radius 2 is 2.29 bits per heavy atom. The number of rotatable bonds is 0. The molecule has 0 radical (unpaired) electrons. The van der Waals surface area contributed by atoms with Crippen molar-refractivity contribution in [2.75, 3.05) is 13.6 Å². The Morgan fingerprint density at radius 3 is 2.88 bits per heavy atom. The summed E-state index contributed by atoms with van der Waals surface area (Å²) in [5.41, 5.74) is -0.744. The quantitative estimate of drug-likeness (QED) is 0.735. The van der Waals surface area contributed by atoms with E-state index in [2.05, 4.69) is 27.8 Å². The van der Waals surface area contributed by atoms with Crippen molar-refractivity contribution in [3.05, 3.63) is 34.3 Å². The summed E-state index contributed by atoms with van der Waals surface area (Å²) in [6.45, 7) is 0.544. The predicted molar refractivity (Wildman–Crippen MR) is 68.2 cm³/mol. The molecule has 88 valence electrons. The maximum atomic E-state index is 11.7. The molecule has 1 N–H and O–H groups in total. The molecule has 3 nitrogen and oxygen atoms in total. The second kappa shape index (κ2) is 4.52. The number of carbonyl (C=O) groups excluding carboxylic acids is 1. The van der Waals surface area contributed by atoms with Crippen LogP contribution in [0.1, 0.15) is 12.0 Å². The molecule has 1 aliphatic rings. The fourth-order valence-electron chi connectivity index (χ4n) is 1.71. The minimum atomic E-state index is -1.52. The molecule has 1 aliphatic heterocycles. The third-order valence-corrected chi connectivity index (χ3v) is 3.24. The lowest BCUT2D eigenvalue weighted by molar-refractivity contribution is -0.137. The Bertz CT molecular complexity index is 518. The molecule has 0 spiro atoms. The minimum Gasteiger partial charge on any atom is -0.369 e. The zero-order valence-electron chi connectivity index (χ0n) is 9.40. The average molecular weight is 294 g/mol. The number of halogens is 1. The number of nitrogens with zero attached hydrogens (tertiary/aromatic N) is 1. The summed E-state index contributed by atoms with van der Waals surface area (Å²) in [5, 5.41) is 10.1. The summed E-state index contributed by atoms with van der Waals surface area (Å²) < 4.78 is 0.922. The lowest BCUT2D eigenvalue weighted by atomic mass is 10.0. The van der Waals surface area contributed by atoms with Crippen LogP contribution in [0.25, 0.3) is 0 Å². The van der Waals surface area contributed by atoms with E-state index < -0.39 is 5.60 Å². The molecule has 1 heterocycles. The van der Waals surface area contributed by atoms with E-state index in [0.717, 1.165) is 10.0 Å². The number of benzene rings is 1. The van der Waals surface area contributed by atoms with Gasteiger partial charge in [-0.1, -0.05) is 33.8 Å². The van der Waals surface area contributed by atoms with Gasteiger partial charge in [-0.3, -0.25) is 4.79 Å². The highest BCUT2D eigenvalue weighted by molar-refractivity contribution is 9.10.